The zero-order valence-electron chi connectivity index (χ0n) is 12.6. The van der Waals surface area contributed by atoms with E-state index in [9.17, 15) is 0 Å². The second-order valence-corrected chi connectivity index (χ2v) is 6.94. The summed E-state index contributed by atoms with van der Waals surface area (Å²) in [5, 5.41) is 3.22. The van der Waals surface area contributed by atoms with Crippen LogP contribution in [0.5, 0.6) is 0 Å². The molecule has 0 bridgehead atoms. The smallest absolute Gasteiger partial charge is 0.123 e. The van der Waals surface area contributed by atoms with Gasteiger partial charge in [-0.3, -0.25) is 0 Å². The summed E-state index contributed by atoms with van der Waals surface area (Å²) in [6.45, 7) is 8.28. The number of halogens is 1. The van der Waals surface area contributed by atoms with E-state index in [1.165, 1.54) is 11.1 Å². The Morgan fingerprint density at radius 1 is 1.27 bits per heavy atom. The van der Waals surface area contributed by atoms with Gasteiger partial charge in [-0.05, 0) is 48.7 Å². The molecule has 1 aliphatic heterocycles. The number of hydrogen-bond donors (Lipinski definition) is 1. The highest BCUT2D eigenvalue weighted by Crippen LogP contribution is 2.29. The van der Waals surface area contributed by atoms with Crippen molar-refractivity contribution in [2.24, 2.45) is 4.99 Å². The van der Waals surface area contributed by atoms with E-state index >= 15 is 0 Å². The van der Waals surface area contributed by atoms with Crippen molar-refractivity contribution >= 4 is 34.3 Å². The zero-order chi connectivity index (χ0) is 15.7. The molecule has 0 aliphatic carbocycles. The summed E-state index contributed by atoms with van der Waals surface area (Å²) in [5.41, 5.74) is 5.70. The number of hydrogen-bond acceptors (Lipinski definition) is 3. The third-order valence-corrected chi connectivity index (χ3v) is 4.94. The Morgan fingerprint density at radius 3 is 2.77 bits per heavy atom. The lowest BCUT2D eigenvalue weighted by Crippen LogP contribution is -2.17. The van der Waals surface area contributed by atoms with Crippen LogP contribution in [0.15, 0.2) is 53.8 Å². The summed E-state index contributed by atoms with van der Waals surface area (Å²) in [5.74, 6) is 0.649. The summed E-state index contributed by atoms with van der Waals surface area (Å²) >= 11 is 7.58. The second-order valence-electron chi connectivity index (χ2n) is 5.23. The topological polar surface area (TPSA) is 24.4 Å². The molecule has 0 atom stereocenters. The number of allylic oxidation sites excluding steroid dienone is 1. The normalized spacial score (nSPS) is 14.4. The Labute approximate surface area is 139 Å². The van der Waals surface area contributed by atoms with Crippen LogP contribution in [-0.2, 0) is 6.42 Å². The fraction of sp³-hybridized carbons (Fsp3) is 0.167. The van der Waals surface area contributed by atoms with Gasteiger partial charge < -0.3 is 5.32 Å². The van der Waals surface area contributed by atoms with Gasteiger partial charge in [0.15, 0.2) is 0 Å². The van der Waals surface area contributed by atoms with Gasteiger partial charge in [0.25, 0.3) is 0 Å². The van der Waals surface area contributed by atoms with E-state index in [1.807, 2.05) is 12.1 Å². The fourth-order valence-corrected chi connectivity index (χ4v) is 3.50. The van der Waals surface area contributed by atoms with Gasteiger partial charge in [-0.15, -0.1) is 11.3 Å². The maximum Gasteiger partial charge on any atom is 0.123 e. The van der Waals surface area contributed by atoms with Crippen molar-refractivity contribution in [2.75, 3.05) is 0 Å². The minimum Gasteiger partial charge on any atom is -0.339 e. The Bertz CT molecular complexity index is 799. The maximum atomic E-state index is 6.04. The van der Waals surface area contributed by atoms with Crippen LogP contribution >= 0.6 is 22.9 Å². The zero-order valence-corrected chi connectivity index (χ0v) is 14.2. The summed E-state index contributed by atoms with van der Waals surface area (Å²) in [6.07, 6.45) is 3.07. The number of rotatable bonds is 3. The Balaban J connectivity index is 2.02. The number of aliphatic imine (C=N–C) groups is 1. The first-order chi connectivity index (χ1) is 10.6. The molecule has 0 amide bonds. The lowest BCUT2D eigenvalue weighted by molar-refractivity contribution is 1.05. The molecule has 1 aromatic heterocycles. The van der Waals surface area contributed by atoms with Crippen LogP contribution in [-0.4, -0.2) is 5.71 Å². The van der Waals surface area contributed by atoms with E-state index in [0.29, 0.717) is 5.82 Å². The van der Waals surface area contributed by atoms with Gasteiger partial charge >= 0.3 is 0 Å². The molecule has 2 heterocycles. The molecular formula is C18H17ClN2S. The molecule has 2 aromatic rings. The van der Waals surface area contributed by atoms with Crippen LogP contribution in [0.2, 0.25) is 4.34 Å². The van der Waals surface area contributed by atoms with Gasteiger partial charge in [0.1, 0.15) is 5.82 Å². The molecule has 0 radical (unpaired) electrons. The van der Waals surface area contributed by atoms with Gasteiger partial charge in [0.05, 0.1) is 20.6 Å². The molecule has 1 aliphatic rings. The highest BCUT2D eigenvalue weighted by atomic mass is 35.5. The first-order valence-electron chi connectivity index (χ1n) is 7.18. The lowest BCUT2D eigenvalue weighted by Gasteiger charge is -2.17. The number of nitrogens with one attached hydrogen (secondary N) is 1. The van der Waals surface area contributed by atoms with Crippen molar-refractivity contribution in [3.8, 4) is 0 Å². The fourth-order valence-electron chi connectivity index (χ4n) is 2.49. The van der Waals surface area contributed by atoms with E-state index in [0.717, 1.165) is 32.6 Å². The Kier molecular flexibility index (Phi) is 4.19. The van der Waals surface area contributed by atoms with Gasteiger partial charge in [0, 0.05) is 5.56 Å². The van der Waals surface area contributed by atoms with E-state index in [4.69, 9.17) is 11.6 Å². The van der Waals surface area contributed by atoms with Crippen LogP contribution in [0.4, 0.5) is 0 Å². The molecule has 0 saturated carbocycles. The van der Waals surface area contributed by atoms with Crippen LogP contribution in [0, 0.1) is 6.92 Å². The highest BCUT2D eigenvalue weighted by molar-refractivity contribution is 7.17. The van der Waals surface area contributed by atoms with Crippen LogP contribution < -0.4 is 5.32 Å². The number of nitrogens with zero attached hydrogens (tertiary/aromatic N) is 1. The van der Waals surface area contributed by atoms with Crippen molar-refractivity contribution in [2.45, 2.75) is 20.3 Å². The Morgan fingerprint density at radius 2 is 2.09 bits per heavy atom. The summed E-state index contributed by atoms with van der Waals surface area (Å²) in [6, 6.07) is 10.4. The van der Waals surface area contributed by atoms with Crippen molar-refractivity contribution in [3.63, 3.8) is 0 Å². The van der Waals surface area contributed by atoms with E-state index < -0.39 is 0 Å². The Hall–Kier alpha value is -1.84. The highest BCUT2D eigenvalue weighted by Gasteiger charge is 2.14. The van der Waals surface area contributed by atoms with Gasteiger partial charge in [0.2, 0.25) is 0 Å². The second kappa shape index (κ2) is 6.11. The SMILES string of the molecule is C=C1N=C(c2ccc(C)c(CC)c2)C=C(c2ccc(Cl)s2)N1. The third-order valence-electron chi connectivity index (χ3n) is 3.68. The predicted octanol–water partition coefficient (Wildman–Crippen LogP) is 5.18. The average Bonchev–Trinajstić information content (AvgIpc) is 2.94. The number of benzene rings is 1. The number of thiophene rings is 1. The van der Waals surface area contributed by atoms with Crippen molar-refractivity contribution in [1.29, 1.82) is 0 Å². The first-order valence-corrected chi connectivity index (χ1v) is 8.38. The molecule has 1 N–H and O–H groups in total. The van der Waals surface area contributed by atoms with E-state index in [2.05, 4.69) is 55.0 Å². The van der Waals surface area contributed by atoms with Gasteiger partial charge in [-0.1, -0.05) is 37.2 Å². The quantitative estimate of drug-likeness (QED) is 0.825. The molecule has 0 saturated heterocycles. The first kappa shape index (κ1) is 15.1. The summed E-state index contributed by atoms with van der Waals surface area (Å²) in [7, 11) is 0. The standard InChI is InChI=1S/C18H17ClN2S/c1-4-13-9-14(6-5-11(13)2)15-10-16(21-12(3)20-15)17-7-8-18(19)22-17/h5-10,21H,3-4H2,1-2H3. The van der Waals surface area contributed by atoms with Crippen molar-refractivity contribution in [3.05, 3.63) is 74.7 Å². The molecule has 4 heteroatoms. The predicted molar refractivity (Wildman–Crippen MR) is 96.7 cm³/mol. The largest absolute Gasteiger partial charge is 0.339 e. The van der Waals surface area contributed by atoms with E-state index in [-0.39, 0.29) is 0 Å². The molecule has 0 fully saturated rings. The van der Waals surface area contributed by atoms with Crippen molar-refractivity contribution in [1.82, 2.24) is 5.32 Å². The number of aryl methyl sites for hydroxylation is 2. The minimum atomic E-state index is 0.649. The minimum absolute atomic E-state index is 0.649. The molecule has 3 rings (SSSR count). The molecule has 0 unspecified atom stereocenters. The van der Waals surface area contributed by atoms with Crippen LogP contribution in [0.3, 0.4) is 0 Å². The lowest BCUT2D eigenvalue weighted by atomic mass is 9.99. The maximum absolute atomic E-state index is 6.04. The molecule has 0 spiro atoms. The molecule has 2 nitrogen and oxygen atoms in total. The molecule has 22 heavy (non-hydrogen) atoms. The van der Waals surface area contributed by atoms with Gasteiger partial charge in [-0.2, -0.15) is 0 Å². The third kappa shape index (κ3) is 3.01. The van der Waals surface area contributed by atoms with Crippen LogP contribution in [0.25, 0.3) is 5.70 Å². The molecule has 1 aromatic carbocycles. The van der Waals surface area contributed by atoms with Crippen molar-refractivity contribution < 1.29 is 0 Å². The monoisotopic (exact) mass is 328 g/mol. The van der Waals surface area contributed by atoms with Crippen LogP contribution in [0.1, 0.15) is 28.5 Å². The van der Waals surface area contributed by atoms with E-state index in [1.54, 1.807) is 11.3 Å². The van der Waals surface area contributed by atoms with Gasteiger partial charge in [-0.25, -0.2) is 4.99 Å². The molecular weight excluding hydrogens is 312 g/mol. The summed E-state index contributed by atoms with van der Waals surface area (Å²) in [4.78, 5) is 5.63. The molecule has 112 valence electrons. The summed E-state index contributed by atoms with van der Waals surface area (Å²) < 4.78 is 0.774. The average molecular weight is 329 g/mol.